The first-order valence-corrected chi connectivity index (χ1v) is 12.3. The van der Waals surface area contributed by atoms with E-state index in [-0.39, 0.29) is 12.5 Å². The van der Waals surface area contributed by atoms with Gasteiger partial charge in [0, 0.05) is 6.54 Å². The van der Waals surface area contributed by atoms with E-state index < -0.39 is 10.0 Å². The van der Waals surface area contributed by atoms with Crippen molar-refractivity contribution in [1.29, 1.82) is 0 Å². The summed E-state index contributed by atoms with van der Waals surface area (Å²) in [6.45, 7) is 2.98. The standard InChI is InChI=1S/C23H31N3O3S/c1-25-16-13-19(14-17-25)12-15-24-23(27)21-10-6-7-11-22(21)26(30(2,28)29)18-20-8-4-3-5-9-20/h3-11,19H,12-18H2,1-2H3,(H,24,27). The van der Waals surface area contributed by atoms with Crippen LogP contribution in [0.15, 0.2) is 54.6 Å². The van der Waals surface area contributed by atoms with Crippen LogP contribution in [-0.2, 0) is 16.6 Å². The number of amides is 1. The lowest BCUT2D eigenvalue weighted by atomic mass is 9.94. The van der Waals surface area contributed by atoms with Crippen LogP contribution in [0.5, 0.6) is 0 Å². The number of carbonyl (C=O) groups is 1. The van der Waals surface area contributed by atoms with Gasteiger partial charge in [0.05, 0.1) is 24.1 Å². The summed E-state index contributed by atoms with van der Waals surface area (Å²) in [5, 5.41) is 2.99. The topological polar surface area (TPSA) is 69.7 Å². The third-order valence-corrected chi connectivity index (χ3v) is 6.79. The number of piperidine rings is 1. The second kappa shape index (κ2) is 10.1. The molecule has 0 aromatic heterocycles. The number of nitrogens with one attached hydrogen (secondary N) is 1. The van der Waals surface area contributed by atoms with E-state index in [2.05, 4.69) is 17.3 Å². The summed E-state index contributed by atoms with van der Waals surface area (Å²) in [6.07, 6.45) is 4.43. The van der Waals surface area contributed by atoms with Crippen molar-refractivity contribution in [2.45, 2.75) is 25.8 Å². The maximum Gasteiger partial charge on any atom is 0.253 e. The third kappa shape index (κ3) is 6.06. The second-order valence-electron chi connectivity index (χ2n) is 8.06. The number of benzene rings is 2. The van der Waals surface area contributed by atoms with Gasteiger partial charge in [0.2, 0.25) is 10.0 Å². The molecular formula is C23H31N3O3S. The van der Waals surface area contributed by atoms with Gasteiger partial charge in [-0.2, -0.15) is 0 Å². The number of sulfonamides is 1. The Morgan fingerprint density at radius 1 is 1.07 bits per heavy atom. The molecule has 0 unspecified atom stereocenters. The van der Waals surface area contributed by atoms with E-state index in [9.17, 15) is 13.2 Å². The number of likely N-dealkylation sites (tertiary alicyclic amines) is 1. The fourth-order valence-electron chi connectivity index (χ4n) is 3.85. The smallest absolute Gasteiger partial charge is 0.253 e. The summed E-state index contributed by atoms with van der Waals surface area (Å²) in [5.41, 5.74) is 1.64. The van der Waals surface area contributed by atoms with Crippen LogP contribution in [0.3, 0.4) is 0 Å². The first-order valence-electron chi connectivity index (χ1n) is 10.4. The molecule has 1 saturated heterocycles. The van der Waals surface area contributed by atoms with E-state index >= 15 is 0 Å². The van der Waals surface area contributed by atoms with Crippen molar-refractivity contribution in [1.82, 2.24) is 10.2 Å². The lowest BCUT2D eigenvalue weighted by Gasteiger charge is -2.29. The van der Waals surface area contributed by atoms with Gasteiger partial charge in [-0.05, 0) is 63.0 Å². The summed E-state index contributed by atoms with van der Waals surface area (Å²) < 4.78 is 26.4. The van der Waals surface area contributed by atoms with Gasteiger partial charge in [-0.3, -0.25) is 9.10 Å². The first-order chi connectivity index (χ1) is 14.3. The molecule has 1 aliphatic rings. The predicted molar refractivity (Wildman–Crippen MR) is 121 cm³/mol. The van der Waals surface area contributed by atoms with Crippen LogP contribution in [0, 0.1) is 5.92 Å². The number of anilines is 1. The minimum atomic E-state index is -3.57. The van der Waals surface area contributed by atoms with Gasteiger partial charge in [0.25, 0.3) is 5.91 Å². The van der Waals surface area contributed by atoms with Gasteiger partial charge in [-0.1, -0.05) is 42.5 Å². The predicted octanol–water partition coefficient (Wildman–Crippen LogP) is 3.11. The number of para-hydroxylation sites is 1. The van der Waals surface area contributed by atoms with Crippen LogP contribution in [0.2, 0.25) is 0 Å². The average Bonchev–Trinajstić information content (AvgIpc) is 2.73. The van der Waals surface area contributed by atoms with E-state index in [1.807, 2.05) is 30.3 Å². The van der Waals surface area contributed by atoms with Crippen LogP contribution in [0.25, 0.3) is 0 Å². The molecule has 0 bridgehead atoms. The van der Waals surface area contributed by atoms with E-state index in [0.717, 1.165) is 37.9 Å². The molecule has 30 heavy (non-hydrogen) atoms. The zero-order valence-corrected chi connectivity index (χ0v) is 18.6. The molecule has 2 aromatic carbocycles. The highest BCUT2D eigenvalue weighted by atomic mass is 32.2. The lowest BCUT2D eigenvalue weighted by molar-refractivity contribution is 0.0949. The molecule has 2 aromatic rings. The van der Waals surface area contributed by atoms with Crippen LogP contribution < -0.4 is 9.62 Å². The third-order valence-electron chi connectivity index (χ3n) is 5.66. The van der Waals surface area contributed by atoms with Crippen molar-refractivity contribution in [3.05, 3.63) is 65.7 Å². The van der Waals surface area contributed by atoms with E-state index in [0.29, 0.717) is 23.7 Å². The molecule has 0 spiro atoms. The van der Waals surface area contributed by atoms with Gasteiger partial charge < -0.3 is 10.2 Å². The van der Waals surface area contributed by atoms with Gasteiger partial charge in [0.15, 0.2) is 0 Å². The molecular weight excluding hydrogens is 398 g/mol. The lowest BCUT2D eigenvalue weighted by Crippen LogP contribution is -2.34. The van der Waals surface area contributed by atoms with Crippen molar-refractivity contribution < 1.29 is 13.2 Å². The fourth-order valence-corrected chi connectivity index (χ4v) is 4.75. The van der Waals surface area contributed by atoms with Gasteiger partial charge in [0.1, 0.15) is 0 Å². The SMILES string of the molecule is CN1CCC(CCNC(=O)c2ccccc2N(Cc2ccccc2)S(C)(=O)=O)CC1. The summed E-state index contributed by atoms with van der Waals surface area (Å²) >= 11 is 0. The summed E-state index contributed by atoms with van der Waals surface area (Å²) in [5.74, 6) is 0.391. The first kappa shape index (κ1) is 22.3. The molecule has 1 aliphatic heterocycles. The number of rotatable bonds is 8. The quantitative estimate of drug-likeness (QED) is 0.700. The van der Waals surface area contributed by atoms with Crippen LogP contribution >= 0.6 is 0 Å². The number of carbonyl (C=O) groups excluding carboxylic acids is 1. The molecule has 3 rings (SSSR count). The average molecular weight is 430 g/mol. The minimum Gasteiger partial charge on any atom is -0.352 e. The fraction of sp³-hybridized carbons (Fsp3) is 0.435. The highest BCUT2D eigenvalue weighted by molar-refractivity contribution is 7.92. The van der Waals surface area contributed by atoms with Crippen LogP contribution in [0.1, 0.15) is 35.2 Å². The zero-order valence-electron chi connectivity index (χ0n) is 17.8. The Labute approximate surface area is 179 Å². The normalized spacial score (nSPS) is 15.7. The molecule has 0 radical (unpaired) electrons. The highest BCUT2D eigenvalue weighted by Crippen LogP contribution is 2.25. The van der Waals surface area contributed by atoms with E-state index in [4.69, 9.17) is 0 Å². The molecule has 0 saturated carbocycles. The van der Waals surface area contributed by atoms with E-state index in [1.54, 1.807) is 24.3 Å². The van der Waals surface area contributed by atoms with Gasteiger partial charge >= 0.3 is 0 Å². The Hall–Kier alpha value is -2.38. The van der Waals surface area contributed by atoms with Crippen LogP contribution in [-0.4, -0.2) is 52.2 Å². The summed E-state index contributed by atoms with van der Waals surface area (Å²) in [4.78, 5) is 15.2. The van der Waals surface area contributed by atoms with Crippen molar-refractivity contribution in [2.24, 2.45) is 5.92 Å². The Morgan fingerprint density at radius 3 is 2.37 bits per heavy atom. The zero-order chi connectivity index (χ0) is 21.6. The number of hydrogen-bond donors (Lipinski definition) is 1. The monoisotopic (exact) mass is 429 g/mol. The Kier molecular flexibility index (Phi) is 7.50. The van der Waals surface area contributed by atoms with Gasteiger partial charge in [-0.15, -0.1) is 0 Å². The number of nitrogens with zero attached hydrogens (tertiary/aromatic N) is 2. The minimum absolute atomic E-state index is 0.180. The van der Waals surface area contributed by atoms with Crippen molar-refractivity contribution in [3.8, 4) is 0 Å². The number of hydrogen-bond acceptors (Lipinski definition) is 4. The molecule has 0 atom stereocenters. The van der Waals surface area contributed by atoms with Crippen LogP contribution in [0.4, 0.5) is 5.69 Å². The molecule has 1 fully saturated rings. The Bertz CT molecular complexity index is 939. The Morgan fingerprint density at radius 2 is 1.70 bits per heavy atom. The highest BCUT2D eigenvalue weighted by Gasteiger charge is 2.23. The largest absolute Gasteiger partial charge is 0.352 e. The van der Waals surface area contributed by atoms with Crippen molar-refractivity contribution in [3.63, 3.8) is 0 Å². The maximum atomic E-state index is 12.9. The Balaban J connectivity index is 1.72. The molecule has 162 valence electrons. The van der Waals surface area contributed by atoms with E-state index in [1.165, 1.54) is 10.6 Å². The summed E-state index contributed by atoms with van der Waals surface area (Å²) in [7, 11) is -1.43. The molecule has 7 heteroatoms. The van der Waals surface area contributed by atoms with Crippen molar-refractivity contribution in [2.75, 3.05) is 37.2 Å². The molecule has 0 aliphatic carbocycles. The molecule has 6 nitrogen and oxygen atoms in total. The molecule has 1 heterocycles. The maximum absolute atomic E-state index is 12.9. The molecule has 1 amide bonds. The second-order valence-corrected chi connectivity index (χ2v) is 9.97. The van der Waals surface area contributed by atoms with Crippen molar-refractivity contribution >= 4 is 21.6 Å². The summed E-state index contributed by atoms with van der Waals surface area (Å²) in [6, 6.07) is 16.3. The van der Waals surface area contributed by atoms with Gasteiger partial charge in [-0.25, -0.2) is 8.42 Å². The molecule has 1 N–H and O–H groups in total.